The van der Waals surface area contributed by atoms with Gasteiger partial charge in [-0.1, -0.05) is 12.1 Å². The summed E-state index contributed by atoms with van der Waals surface area (Å²) in [6.45, 7) is 0. The van der Waals surface area contributed by atoms with E-state index in [1.54, 1.807) is 29.9 Å². The molecule has 3 heterocycles. The number of nitriles is 1. The predicted octanol–water partition coefficient (Wildman–Crippen LogP) is 4.32. The zero-order chi connectivity index (χ0) is 23.5. The highest BCUT2D eigenvalue weighted by Gasteiger charge is 2.24. The van der Waals surface area contributed by atoms with Crippen LogP contribution in [0.4, 0.5) is 0 Å². The summed E-state index contributed by atoms with van der Waals surface area (Å²) in [5, 5.41) is 19.6. The third kappa shape index (κ3) is 4.04. The van der Waals surface area contributed by atoms with Gasteiger partial charge in [0.25, 0.3) is 0 Å². The van der Waals surface area contributed by atoms with Crippen molar-refractivity contribution in [1.29, 1.82) is 5.26 Å². The van der Waals surface area contributed by atoms with Crippen molar-refractivity contribution in [3.05, 3.63) is 71.8 Å². The molecule has 8 nitrogen and oxygen atoms in total. The lowest BCUT2D eigenvalue weighted by molar-refractivity contribution is -0.886. The summed E-state index contributed by atoms with van der Waals surface area (Å²) >= 11 is 0. The van der Waals surface area contributed by atoms with Crippen LogP contribution in [-0.2, 0) is 0 Å². The molecule has 0 spiro atoms. The lowest BCUT2D eigenvalue weighted by Crippen LogP contribution is -2.32. The van der Waals surface area contributed by atoms with Crippen molar-refractivity contribution in [2.45, 2.75) is 31.8 Å². The Labute approximate surface area is 196 Å². The van der Waals surface area contributed by atoms with E-state index in [9.17, 15) is 5.21 Å². The number of imidazole rings is 1. The van der Waals surface area contributed by atoms with Gasteiger partial charge in [-0.25, -0.2) is 9.97 Å². The van der Waals surface area contributed by atoms with Crippen LogP contribution in [0.15, 0.2) is 54.9 Å². The molecule has 34 heavy (non-hydrogen) atoms. The number of rotatable bonds is 6. The van der Waals surface area contributed by atoms with Crippen LogP contribution in [0.3, 0.4) is 0 Å². The molecule has 1 aliphatic carbocycles. The van der Waals surface area contributed by atoms with Gasteiger partial charge in [-0.05, 0) is 60.8 Å². The summed E-state index contributed by atoms with van der Waals surface area (Å²) < 4.78 is 14.7. The van der Waals surface area contributed by atoms with Crippen LogP contribution < -0.4 is 14.2 Å². The van der Waals surface area contributed by atoms with E-state index < -0.39 is 0 Å². The highest BCUT2D eigenvalue weighted by molar-refractivity contribution is 5.78. The zero-order valence-corrected chi connectivity index (χ0v) is 18.8. The standard InChI is InChI=1S/C26H24N5O3/c1-33-22-10-4-6-19(25(22)34-20-7-2-3-8-20)12-14-24-29-21-9-5-15-30(32)26(21)31(24)23-13-11-18(16-27)17-28-23/h4-6,9-15,17,20,32H,2-3,7-8H2,1H3/q+1/b14-12+. The summed E-state index contributed by atoms with van der Waals surface area (Å²) in [7, 11) is 1.64. The molecule has 0 bridgehead atoms. The number of pyridine rings is 2. The Kier molecular flexibility index (Phi) is 5.83. The van der Waals surface area contributed by atoms with Crippen molar-refractivity contribution in [2.24, 2.45) is 0 Å². The third-order valence-corrected chi connectivity index (χ3v) is 5.94. The van der Waals surface area contributed by atoms with Gasteiger partial charge < -0.3 is 14.7 Å². The minimum absolute atomic E-state index is 0.184. The van der Waals surface area contributed by atoms with Gasteiger partial charge in [0.15, 0.2) is 17.0 Å². The molecule has 4 aromatic rings. The summed E-state index contributed by atoms with van der Waals surface area (Å²) in [5.74, 6) is 2.49. The number of methoxy groups -OCH3 is 1. The molecular formula is C26H24N5O3+. The van der Waals surface area contributed by atoms with Crippen LogP contribution in [0.25, 0.3) is 29.1 Å². The van der Waals surface area contributed by atoms with Crippen LogP contribution in [0.5, 0.6) is 11.5 Å². The molecule has 1 aromatic carbocycles. The lowest BCUT2D eigenvalue weighted by atomic mass is 10.1. The van der Waals surface area contributed by atoms with Gasteiger partial charge in [-0.2, -0.15) is 9.83 Å². The SMILES string of the molecule is COc1cccc(/C=C/c2nc3ccc[n+](O)c3n2-c2ccc(C#N)cn2)c1OC1CCCC1. The molecule has 0 amide bonds. The number of aromatic nitrogens is 4. The van der Waals surface area contributed by atoms with Crippen molar-refractivity contribution < 1.29 is 19.4 Å². The van der Waals surface area contributed by atoms with E-state index in [1.807, 2.05) is 36.4 Å². The molecule has 3 aromatic heterocycles. The second-order valence-corrected chi connectivity index (χ2v) is 8.12. The maximum absolute atomic E-state index is 10.5. The fourth-order valence-electron chi connectivity index (χ4n) is 4.27. The fraction of sp³-hybridized carbons (Fsp3) is 0.231. The van der Waals surface area contributed by atoms with E-state index in [4.69, 9.17) is 19.7 Å². The maximum atomic E-state index is 10.5. The average Bonchev–Trinajstić information content (AvgIpc) is 3.51. The molecule has 5 rings (SSSR count). The molecule has 1 fully saturated rings. The first-order valence-corrected chi connectivity index (χ1v) is 11.2. The molecular weight excluding hydrogens is 430 g/mol. The molecule has 0 radical (unpaired) electrons. The van der Waals surface area contributed by atoms with E-state index in [1.165, 1.54) is 25.2 Å². The number of hydrogen-bond donors (Lipinski definition) is 1. The Hall–Kier alpha value is -4.38. The quantitative estimate of drug-likeness (QED) is 0.344. The van der Waals surface area contributed by atoms with Gasteiger partial charge in [0, 0.05) is 23.9 Å². The summed E-state index contributed by atoms with van der Waals surface area (Å²) in [6.07, 6.45) is 11.4. The molecule has 8 heteroatoms. The summed E-state index contributed by atoms with van der Waals surface area (Å²) in [4.78, 5) is 9.11. The Morgan fingerprint density at radius 3 is 2.74 bits per heavy atom. The number of hydrogen-bond acceptors (Lipinski definition) is 6. The molecule has 0 aliphatic heterocycles. The van der Waals surface area contributed by atoms with E-state index in [2.05, 4.69) is 11.1 Å². The van der Waals surface area contributed by atoms with Crippen molar-refractivity contribution in [3.63, 3.8) is 0 Å². The van der Waals surface area contributed by atoms with Crippen LogP contribution in [0.2, 0.25) is 0 Å². The fourth-order valence-corrected chi connectivity index (χ4v) is 4.27. The monoisotopic (exact) mass is 454 g/mol. The molecule has 170 valence electrons. The second kappa shape index (κ2) is 9.24. The highest BCUT2D eigenvalue weighted by Crippen LogP contribution is 2.36. The number of ether oxygens (including phenoxy) is 2. The highest BCUT2D eigenvalue weighted by atomic mass is 16.5. The van der Waals surface area contributed by atoms with Crippen molar-refractivity contribution in [1.82, 2.24) is 14.5 Å². The molecule has 1 N–H and O–H groups in total. The minimum Gasteiger partial charge on any atom is -0.493 e. The van der Waals surface area contributed by atoms with Crippen molar-refractivity contribution in [3.8, 4) is 23.4 Å². The molecule has 1 saturated carbocycles. The predicted molar refractivity (Wildman–Crippen MR) is 126 cm³/mol. The Morgan fingerprint density at radius 1 is 1.15 bits per heavy atom. The van der Waals surface area contributed by atoms with E-state index in [0.29, 0.717) is 39.9 Å². The van der Waals surface area contributed by atoms with Crippen LogP contribution >= 0.6 is 0 Å². The maximum Gasteiger partial charge on any atom is 0.354 e. The van der Waals surface area contributed by atoms with E-state index >= 15 is 0 Å². The molecule has 0 atom stereocenters. The van der Waals surface area contributed by atoms with Crippen molar-refractivity contribution >= 4 is 23.3 Å². The normalized spacial score (nSPS) is 14.0. The van der Waals surface area contributed by atoms with Gasteiger partial charge in [-0.15, -0.1) is 0 Å². The van der Waals surface area contributed by atoms with Gasteiger partial charge in [0.05, 0.1) is 18.8 Å². The molecule has 0 unspecified atom stereocenters. The Morgan fingerprint density at radius 2 is 2.00 bits per heavy atom. The first kappa shape index (κ1) is 21.5. The number of fused-ring (bicyclic) bond motifs is 1. The smallest absolute Gasteiger partial charge is 0.354 e. The van der Waals surface area contributed by atoms with E-state index in [-0.39, 0.29) is 6.10 Å². The van der Waals surface area contributed by atoms with Gasteiger partial charge >= 0.3 is 5.65 Å². The Balaban J connectivity index is 1.60. The summed E-state index contributed by atoms with van der Waals surface area (Å²) in [5.41, 5.74) is 2.39. The number of nitrogens with zero attached hydrogens (tertiary/aromatic N) is 5. The number of benzene rings is 1. The molecule has 0 saturated heterocycles. The largest absolute Gasteiger partial charge is 0.493 e. The van der Waals surface area contributed by atoms with Crippen LogP contribution in [-0.4, -0.2) is 33.0 Å². The first-order valence-electron chi connectivity index (χ1n) is 11.2. The minimum atomic E-state index is 0.184. The van der Waals surface area contributed by atoms with Gasteiger partial charge in [-0.3, -0.25) is 0 Å². The zero-order valence-electron chi connectivity index (χ0n) is 18.8. The van der Waals surface area contributed by atoms with E-state index in [0.717, 1.165) is 23.1 Å². The van der Waals surface area contributed by atoms with Crippen molar-refractivity contribution in [2.75, 3.05) is 7.11 Å². The van der Waals surface area contributed by atoms with Gasteiger partial charge in [0.2, 0.25) is 11.6 Å². The number of para-hydroxylation sites is 1. The topological polar surface area (TPSA) is 97.1 Å². The van der Waals surface area contributed by atoms with Crippen LogP contribution in [0, 0.1) is 11.3 Å². The second-order valence-electron chi connectivity index (χ2n) is 8.12. The van der Waals surface area contributed by atoms with Gasteiger partial charge in [0.1, 0.15) is 12.3 Å². The van der Waals surface area contributed by atoms with Crippen LogP contribution in [0.1, 0.15) is 42.6 Å². The molecule has 1 aliphatic rings. The first-order chi connectivity index (χ1) is 16.7. The Bertz CT molecular complexity index is 1400. The summed E-state index contributed by atoms with van der Waals surface area (Å²) in [6, 6.07) is 14.8. The average molecular weight is 455 g/mol. The lowest BCUT2D eigenvalue weighted by Gasteiger charge is -2.18. The third-order valence-electron chi connectivity index (χ3n) is 5.94.